The zero-order chi connectivity index (χ0) is 25.0. The van der Waals surface area contributed by atoms with Gasteiger partial charge in [0.2, 0.25) is 0 Å². The van der Waals surface area contributed by atoms with Crippen molar-refractivity contribution in [3.8, 4) is 22.4 Å². The van der Waals surface area contributed by atoms with Crippen LogP contribution < -0.4 is 15.8 Å². The van der Waals surface area contributed by atoms with E-state index in [2.05, 4.69) is 66.2 Å². The number of rotatable bonds is 4. The van der Waals surface area contributed by atoms with Crippen LogP contribution in [0, 0.1) is 0 Å². The van der Waals surface area contributed by atoms with Crippen LogP contribution in [-0.2, 0) is 7.05 Å². The predicted octanol–water partition coefficient (Wildman–Crippen LogP) is 4.86. The summed E-state index contributed by atoms with van der Waals surface area (Å²) in [6.45, 7) is 9.05. The second-order valence-electron chi connectivity index (χ2n) is 10.9. The van der Waals surface area contributed by atoms with E-state index in [4.69, 9.17) is 0 Å². The summed E-state index contributed by atoms with van der Waals surface area (Å²) < 4.78 is 2.61. The molecule has 0 aliphatic carbocycles. The highest BCUT2D eigenvalue weighted by molar-refractivity contribution is 7.17. The Morgan fingerprint density at radius 2 is 1.74 bits per heavy atom. The molecule has 4 aromatic rings. The molecule has 1 fully saturated rings. The Morgan fingerprint density at radius 1 is 1.03 bits per heavy atom. The molecule has 4 heterocycles. The number of nitrogens with zero attached hydrogens (tertiary/aromatic N) is 5. The number of aromatic nitrogens is 4. The predicted molar refractivity (Wildman–Crippen MR) is 144 cm³/mol. The fourth-order valence-electron chi connectivity index (χ4n) is 5.49. The van der Waals surface area contributed by atoms with Gasteiger partial charge in [-0.1, -0.05) is 6.07 Å². The van der Waals surface area contributed by atoms with Crippen molar-refractivity contribution in [1.82, 2.24) is 25.1 Å². The minimum Gasteiger partial charge on any atom is -0.355 e. The van der Waals surface area contributed by atoms with Crippen LogP contribution in [0.15, 0.2) is 52.9 Å². The van der Waals surface area contributed by atoms with Crippen molar-refractivity contribution < 1.29 is 0 Å². The molecule has 0 atom stereocenters. The minimum atomic E-state index is -0.0321. The smallest absolute Gasteiger partial charge is 0.250 e. The number of piperidine rings is 1. The zero-order valence-corrected chi connectivity index (χ0v) is 22.0. The van der Waals surface area contributed by atoms with Crippen molar-refractivity contribution in [1.29, 1.82) is 0 Å². The van der Waals surface area contributed by atoms with E-state index in [0.717, 1.165) is 51.3 Å². The molecule has 182 valence electrons. The van der Waals surface area contributed by atoms with E-state index >= 15 is 0 Å². The summed E-state index contributed by atoms with van der Waals surface area (Å²) in [6, 6.07) is 12.2. The molecule has 35 heavy (non-hydrogen) atoms. The molecule has 0 radical (unpaired) electrons. The summed E-state index contributed by atoms with van der Waals surface area (Å²) in [7, 11) is 3.87. The van der Waals surface area contributed by atoms with E-state index in [1.54, 1.807) is 35.2 Å². The lowest BCUT2D eigenvalue weighted by atomic mass is 9.79. The number of hydrogen-bond donors (Lipinski definition) is 1. The summed E-state index contributed by atoms with van der Waals surface area (Å²) in [4.78, 5) is 19.1. The van der Waals surface area contributed by atoms with Crippen molar-refractivity contribution in [3.05, 3.63) is 58.5 Å². The van der Waals surface area contributed by atoms with Crippen LogP contribution in [0.2, 0.25) is 0 Å². The van der Waals surface area contributed by atoms with E-state index in [1.165, 1.54) is 0 Å². The molecular formula is C27H32N6OS. The highest BCUT2D eigenvalue weighted by Gasteiger charge is 2.39. The lowest BCUT2D eigenvalue weighted by Gasteiger charge is -2.49. The third-order valence-corrected chi connectivity index (χ3v) is 7.76. The molecule has 1 saturated heterocycles. The number of fused-ring (bicyclic) bond motifs is 1. The van der Waals surface area contributed by atoms with Gasteiger partial charge in [0, 0.05) is 54.6 Å². The Balaban J connectivity index is 1.45. The maximum absolute atomic E-state index is 12.2. The average molecular weight is 489 g/mol. The Hall–Kier alpha value is -3.10. The molecule has 3 aromatic heterocycles. The summed E-state index contributed by atoms with van der Waals surface area (Å²) in [5.74, 6) is 0.874. The van der Waals surface area contributed by atoms with E-state index < -0.39 is 0 Å². The second-order valence-corrected chi connectivity index (χ2v) is 11.8. The standard InChI is InChI=1S/C27H32N6OS/c1-26(2)14-18(15-27(3,4)31-26)33(6)22-10-9-21(29-30-22)20-8-7-19(25-24(20)28-16-35-25)17-11-12-32(5)23(34)13-17/h7-13,16,18,31H,14-15H2,1-6H3. The Labute approximate surface area is 209 Å². The van der Waals surface area contributed by atoms with Gasteiger partial charge in [-0.2, -0.15) is 0 Å². The molecule has 7 nitrogen and oxygen atoms in total. The Bertz CT molecular complexity index is 1420. The van der Waals surface area contributed by atoms with Gasteiger partial charge in [-0.05, 0) is 70.4 Å². The van der Waals surface area contributed by atoms with E-state index in [1.807, 2.05) is 29.8 Å². The van der Waals surface area contributed by atoms with Crippen LogP contribution in [0.25, 0.3) is 32.6 Å². The molecule has 0 spiro atoms. The molecule has 1 aromatic carbocycles. The number of pyridine rings is 1. The largest absolute Gasteiger partial charge is 0.355 e. The number of aryl methyl sites for hydroxylation is 1. The highest BCUT2D eigenvalue weighted by Crippen LogP contribution is 2.37. The fourth-order valence-corrected chi connectivity index (χ4v) is 6.34. The lowest BCUT2D eigenvalue weighted by Crippen LogP contribution is -2.62. The summed E-state index contributed by atoms with van der Waals surface area (Å²) in [5, 5.41) is 13.0. The molecule has 5 rings (SSSR count). The molecule has 0 bridgehead atoms. The third-order valence-electron chi connectivity index (χ3n) is 6.90. The van der Waals surface area contributed by atoms with Gasteiger partial charge in [-0.15, -0.1) is 21.5 Å². The summed E-state index contributed by atoms with van der Waals surface area (Å²) in [6.07, 6.45) is 3.88. The fraction of sp³-hybridized carbons (Fsp3) is 0.407. The Morgan fingerprint density at radius 3 is 2.40 bits per heavy atom. The van der Waals surface area contributed by atoms with Crippen LogP contribution in [0.3, 0.4) is 0 Å². The normalized spacial score (nSPS) is 17.5. The van der Waals surface area contributed by atoms with Crippen LogP contribution in [0.4, 0.5) is 5.82 Å². The number of nitrogens with one attached hydrogen (secondary N) is 1. The number of hydrogen-bond acceptors (Lipinski definition) is 7. The second kappa shape index (κ2) is 8.53. The molecule has 1 aliphatic rings. The highest BCUT2D eigenvalue weighted by atomic mass is 32.1. The minimum absolute atomic E-state index is 0.0321. The first kappa shape index (κ1) is 23.6. The molecule has 8 heteroatoms. The molecule has 0 saturated carbocycles. The third kappa shape index (κ3) is 4.60. The van der Waals surface area contributed by atoms with Gasteiger partial charge in [0.05, 0.1) is 21.4 Å². The van der Waals surface area contributed by atoms with E-state index in [9.17, 15) is 4.79 Å². The topological polar surface area (TPSA) is 75.9 Å². The van der Waals surface area contributed by atoms with E-state index in [0.29, 0.717) is 6.04 Å². The van der Waals surface area contributed by atoms with Gasteiger partial charge in [-0.3, -0.25) is 4.79 Å². The summed E-state index contributed by atoms with van der Waals surface area (Å²) in [5.41, 5.74) is 6.45. The molecule has 1 N–H and O–H groups in total. The SMILES string of the molecule is CN(c1ccc(-c2ccc(-c3ccn(C)c(=O)c3)c3scnc23)nn1)C1CC(C)(C)NC(C)(C)C1. The number of benzene rings is 1. The van der Waals surface area contributed by atoms with Crippen molar-refractivity contribution >= 4 is 27.4 Å². The summed E-state index contributed by atoms with van der Waals surface area (Å²) >= 11 is 1.57. The maximum atomic E-state index is 12.2. The van der Waals surface area contributed by atoms with Gasteiger partial charge in [0.1, 0.15) is 0 Å². The maximum Gasteiger partial charge on any atom is 0.250 e. The van der Waals surface area contributed by atoms with Gasteiger partial charge in [0.25, 0.3) is 5.56 Å². The number of thiazole rings is 1. The molecular weight excluding hydrogens is 456 g/mol. The first-order valence-corrected chi connectivity index (χ1v) is 12.8. The van der Waals surface area contributed by atoms with Gasteiger partial charge in [-0.25, -0.2) is 4.98 Å². The van der Waals surface area contributed by atoms with Crippen molar-refractivity contribution in [2.45, 2.75) is 57.7 Å². The van der Waals surface area contributed by atoms with Crippen molar-refractivity contribution in [3.63, 3.8) is 0 Å². The lowest BCUT2D eigenvalue weighted by molar-refractivity contribution is 0.160. The average Bonchev–Trinajstić information content (AvgIpc) is 3.28. The molecule has 0 amide bonds. The van der Waals surface area contributed by atoms with Crippen molar-refractivity contribution in [2.75, 3.05) is 11.9 Å². The van der Waals surface area contributed by atoms with Crippen LogP contribution in [-0.4, -0.2) is 43.9 Å². The zero-order valence-electron chi connectivity index (χ0n) is 21.2. The Kier molecular flexibility index (Phi) is 5.76. The quantitative estimate of drug-likeness (QED) is 0.442. The van der Waals surface area contributed by atoms with Crippen molar-refractivity contribution in [2.24, 2.45) is 7.05 Å². The first-order chi connectivity index (χ1) is 16.5. The first-order valence-electron chi connectivity index (χ1n) is 11.9. The van der Waals surface area contributed by atoms with Crippen LogP contribution >= 0.6 is 11.3 Å². The van der Waals surface area contributed by atoms with Gasteiger partial charge < -0.3 is 14.8 Å². The van der Waals surface area contributed by atoms with Crippen LogP contribution in [0.1, 0.15) is 40.5 Å². The van der Waals surface area contributed by atoms with Crippen LogP contribution in [0.5, 0.6) is 0 Å². The van der Waals surface area contributed by atoms with E-state index in [-0.39, 0.29) is 16.6 Å². The number of anilines is 1. The van der Waals surface area contributed by atoms with Gasteiger partial charge >= 0.3 is 0 Å². The molecule has 0 unspecified atom stereocenters. The van der Waals surface area contributed by atoms with Gasteiger partial charge in [0.15, 0.2) is 5.82 Å². The monoisotopic (exact) mass is 488 g/mol. The molecule has 1 aliphatic heterocycles.